The molecule has 0 aliphatic carbocycles. The molecule has 1 unspecified atom stereocenters. The Balaban J connectivity index is 2.43. The third kappa shape index (κ3) is 3.54. The molecule has 4 nitrogen and oxygen atoms in total. The van der Waals surface area contributed by atoms with E-state index in [1.54, 1.807) is 0 Å². The molecule has 0 N–H and O–H groups in total. The van der Waals surface area contributed by atoms with E-state index in [1.807, 2.05) is 0 Å². The number of rotatable bonds is 4. The van der Waals surface area contributed by atoms with Crippen LogP contribution in [0.4, 0.5) is 0 Å². The van der Waals surface area contributed by atoms with Gasteiger partial charge in [0.1, 0.15) is 6.04 Å². The number of carbonyl (C=O) groups excluding carboxylic acids is 1. The molecule has 1 fully saturated rings. The first-order chi connectivity index (χ1) is 7.29. The Morgan fingerprint density at radius 1 is 1.73 bits per heavy atom. The van der Waals surface area contributed by atoms with Crippen LogP contribution < -0.4 is 0 Å². The van der Waals surface area contributed by atoms with Crippen molar-refractivity contribution in [1.29, 1.82) is 0 Å². The minimum atomic E-state index is -0.262. The summed E-state index contributed by atoms with van der Waals surface area (Å²) in [5.41, 5.74) is 0. The van der Waals surface area contributed by atoms with Gasteiger partial charge in [-0.25, -0.2) is 0 Å². The van der Waals surface area contributed by atoms with E-state index < -0.39 is 0 Å². The first kappa shape index (κ1) is 12.0. The lowest BCUT2D eigenvalue weighted by atomic mass is 10.2. The molecule has 1 rings (SSSR count). The average molecular weight is 211 g/mol. The second-order valence-electron chi connectivity index (χ2n) is 3.46. The van der Waals surface area contributed by atoms with Gasteiger partial charge >= 0.3 is 5.97 Å². The average Bonchev–Trinajstić information content (AvgIpc) is 2.29. The predicted octanol–water partition coefficient (Wildman–Crippen LogP) is 0.274. The zero-order valence-corrected chi connectivity index (χ0v) is 9.07. The monoisotopic (exact) mass is 211 g/mol. The Labute approximate surface area is 90.5 Å². The van der Waals surface area contributed by atoms with Gasteiger partial charge in [-0.1, -0.05) is 0 Å². The smallest absolute Gasteiger partial charge is 0.325 e. The molecule has 0 aromatic carbocycles. The maximum absolute atomic E-state index is 11.4. The van der Waals surface area contributed by atoms with Gasteiger partial charge in [-0.15, -0.1) is 12.3 Å². The first-order valence-corrected chi connectivity index (χ1v) is 5.12. The van der Waals surface area contributed by atoms with Gasteiger partial charge in [0.05, 0.1) is 20.3 Å². The van der Waals surface area contributed by atoms with Crippen molar-refractivity contribution >= 4 is 5.97 Å². The molecule has 4 heteroatoms. The fourth-order valence-electron chi connectivity index (χ4n) is 1.64. The van der Waals surface area contributed by atoms with Gasteiger partial charge in [0.15, 0.2) is 0 Å². The van der Waals surface area contributed by atoms with Crippen LogP contribution in [0.5, 0.6) is 0 Å². The van der Waals surface area contributed by atoms with Crippen LogP contribution >= 0.6 is 0 Å². The highest BCUT2D eigenvalue weighted by molar-refractivity contribution is 5.75. The molecule has 1 aliphatic heterocycles. The molecule has 0 bridgehead atoms. The van der Waals surface area contributed by atoms with Gasteiger partial charge in [0, 0.05) is 19.5 Å². The molecular formula is C11H17NO3. The lowest BCUT2D eigenvalue weighted by molar-refractivity contribution is -0.153. The third-order valence-electron chi connectivity index (χ3n) is 2.48. The molecule has 0 spiro atoms. The number of methoxy groups -OCH3 is 1. The summed E-state index contributed by atoms with van der Waals surface area (Å²) in [6.07, 6.45) is 6.83. The number of morpholine rings is 1. The molecule has 1 aliphatic rings. The Morgan fingerprint density at radius 3 is 3.20 bits per heavy atom. The number of nitrogens with zero attached hydrogens (tertiary/aromatic N) is 1. The number of esters is 1. The summed E-state index contributed by atoms with van der Waals surface area (Å²) >= 11 is 0. The minimum absolute atomic E-state index is 0.226. The van der Waals surface area contributed by atoms with Crippen molar-refractivity contribution in [3.05, 3.63) is 0 Å². The summed E-state index contributed by atoms with van der Waals surface area (Å²) in [7, 11) is 1.40. The van der Waals surface area contributed by atoms with Crippen LogP contribution in [0.3, 0.4) is 0 Å². The number of hydrogen-bond donors (Lipinski definition) is 0. The summed E-state index contributed by atoms with van der Waals surface area (Å²) in [5.74, 6) is 2.36. The summed E-state index contributed by atoms with van der Waals surface area (Å²) in [4.78, 5) is 13.5. The van der Waals surface area contributed by atoms with Crippen LogP contribution in [0.1, 0.15) is 12.8 Å². The van der Waals surface area contributed by atoms with Gasteiger partial charge < -0.3 is 9.47 Å². The molecule has 1 saturated heterocycles. The van der Waals surface area contributed by atoms with Gasteiger partial charge in [0.2, 0.25) is 0 Å². The Bertz CT molecular complexity index is 247. The Hall–Kier alpha value is -1.05. The van der Waals surface area contributed by atoms with Gasteiger partial charge in [-0.05, 0) is 6.42 Å². The molecule has 0 saturated carbocycles. The zero-order valence-electron chi connectivity index (χ0n) is 9.07. The van der Waals surface area contributed by atoms with Crippen LogP contribution in [0.2, 0.25) is 0 Å². The highest BCUT2D eigenvalue weighted by Gasteiger charge is 2.29. The molecule has 15 heavy (non-hydrogen) atoms. The molecule has 0 amide bonds. The quantitative estimate of drug-likeness (QED) is 0.380. The molecule has 1 atom stereocenters. The minimum Gasteiger partial charge on any atom is -0.468 e. The molecule has 0 aromatic rings. The SMILES string of the molecule is C#CCCCN1CCOCC1C(=O)OC. The van der Waals surface area contributed by atoms with E-state index in [0.29, 0.717) is 13.2 Å². The van der Waals surface area contributed by atoms with E-state index >= 15 is 0 Å². The second-order valence-corrected chi connectivity index (χ2v) is 3.46. The first-order valence-electron chi connectivity index (χ1n) is 5.12. The standard InChI is InChI=1S/C11H17NO3/c1-3-4-5-6-12-7-8-15-9-10(12)11(13)14-2/h1,10H,4-9H2,2H3. The highest BCUT2D eigenvalue weighted by Crippen LogP contribution is 2.09. The van der Waals surface area contributed by atoms with Gasteiger partial charge in [-0.2, -0.15) is 0 Å². The van der Waals surface area contributed by atoms with Crippen molar-refractivity contribution in [3.63, 3.8) is 0 Å². The number of terminal acetylenes is 1. The summed E-state index contributed by atoms with van der Waals surface area (Å²) in [5, 5.41) is 0. The van der Waals surface area contributed by atoms with Crippen molar-refractivity contribution in [1.82, 2.24) is 4.90 Å². The fraction of sp³-hybridized carbons (Fsp3) is 0.727. The maximum Gasteiger partial charge on any atom is 0.325 e. The molecule has 0 radical (unpaired) electrons. The number of carbonyl (C=O) groups is 1. The van der Waals surface area contributed by atoms with E-state index in [0.717, 1.165) is 25.9 Å². The summed E-state index contributed by atoms with van der Waals surface area (Å²) in [6, 6.07) is -0.262. The number of unbranched alkanes of at least 4 members (excludes halogenated alkanes) is 1. The Kier molecular flexibility index (Phi) is 5.16. The predicted molar refractivity (Wildman–Crippen MR) is 56.3 cm³/mol. The lowest BCUT2D eigenvalue weighted by Crippen LogP contribution is -2.50. The van der Waals surface area contributed by atoms with Crippen molar-refractivity contribution in [2.45, 2.75) is 18.9 Å². The van der Waals surface area contributed by atoms with Crippen LogP contribution in [-0.2, 0) is 14.3 Å². The van der Waals surface area contributed by atoms with Crippen molar-refractivity contribution in [3.8, 4) is 12.3 Å². The van der Waals surface area contributed by atoms with E-state index in [4.69, 9.17) is 15.9 Å². The zero-order chi connectivity index (χ0) is 11.1. The van der Waals surface area contributed by atoms with Crippen LogP contribution in [0.25, 0.3) is 0 Å². The van der Waals surface area contributed by atoms with E-state index in [-0.39, 0.29) is 12.0 Å². The fourth-order valence-corrected chi connectivity index (χ4v) is 1.64. The molecule has 0 aromatic heterocycles. The largest absolute Gasteiger partial charge is 0.468 e. The second kappa shape index (κ2) is 6.44. The van der Waals surface area contributed by atoms with Crippen molar-refractivity contribution in [2.75, 3.05) is 33.4 Å². The summed E-state index contributed by atoms with van der Waals surface area (Å²) in [6.45, 7) is 2.68. The van der Waals surface area contributed by atoms with Crippen LogP contribution in [-0.4, -0.2) is 50.3 Å². The third-order valence-corrected chi connectivity index (χ3v) is 2.48. The lowest BCUT2D eigenvalue weighted by Gasteiger charge is -2.33. The maximum atomic E-state index is 11.4. The highest BCUT2D eigenvalue weighted by atomic mass is 16.5. The van der Waals surface area contributed by atoms with Crippen molar-refractivity contribution < 1.29 is 14.3 Å². The van der Waals surface area contributed by atoms with Crippen LogP contribution in [0.15, 0.2) is 0 Å². The number of hydrogen-bond acceptors (Lipinski definition) is 4. The Morgan fingerprint density at radius 2 is 2.53 bits per heavy atom. The molecular weight excluding hydrogens is 194 g/mol. The topological polar surface area (TPSA) is 38.8 Å². The summed E-state index contributed by atoms with van der Waals surface area (Å²) < 4.78 is 9.98. The van der Waals surface area contributed by atoms with Crippen LogP contribution in [0, 0.1) is 12.3 Å². The van der Waals surface area contributed by atoms with Gasteiger partial charge in [0.25, 0.3) is 0 Å². The van der Waals surface area contributed by atoms with E-state index in [9.17, 15) is 4.79 Å². The molecule has 1 heterocycles. The number of ether oxygens (including phenoxy) is 2. The van der Waals surface area contributed by atoms with Gasteiger partial charge in [-0.3, -0.25) is 9.69 Å². The molecule has 84 valence electrons. The van der Waals surface area contributed by atoms with E-state index in [1.165, 1.54) is 7.11 Å². The van der Waals surface area contributed by atoms with Crippen molar-refractivity contribution in [2.24, 2.45) is 0 Å². The van der Waals surface area contributed by atoms with E-state index in [2.05, 4.69) is 10.8 Å². The normalized spacial score (nSPS) is 22.0.